The van der Waals surface area contributed by atoms with Crippen LogP contribution in [-0.4, -0.2) is 5.97 Å². The molecule has 6 heteroatoms. The average molecular weight is 442 g/mol. The van der Waals surface area contributed by atoms with E-state index in [2.05, 4.69) is 0 Å². The van der Waals surface area contributed by atoms with Crippen LogP contribution in [0.25, 0.3) is 11.1 Å². The Bertz CT molecular complexity index is 1150. The van der Waals surface area contributed by atoms with Gasteiger partial charge in [0.1, 0.15) is 5.75 Å². The van der Waals surface area contributed by atoms with Crippen LogP contribution >= 0.6 is 0 Å². The molecule has 1 saturated carbocycles. The second kappa shape index (κ2) is 9.15. The van der Waals surface area contributed by atoms with E-state index in [1.54, 1.807) is 0 Å². The van der Waals surface area contributed by atoms with E-state index in [9.17, 15) is 22.4 Å². The normalized spacial score (nSPS) is 14.4. The first-order valence-electron chi connectivity index (χ1n) is 10.6. The van der Waals surface area contributed by atoms with Gasteiger partial charge in [0.2, 0.25) is 0 Å². The van der Waals surface area contributed by atoms with E-state index in [1.807, 2.05) is 0 Å². The fourth-order valence-corrected chi connectivity index (χ4v) is 4.18. The number of carbonyl (C=O) groups excluding carboxylic acids is 1. The van der Waals surface area contributed by atoms with Gasteiger partial charge in [0, 0.05) is 5.56 Å². The van der Waals surface area contributed by atoms with Crippen LogP contribution < -0.4 is 4.74 Å². The Morgan fingerprint density at radius 1 is 0.781 bits per heavy atom. The standard InChI is InChI=1S/C26H22F4O2/c1-15-7-12-19(23(28)22(15)27)17-8-10-18(11-9-17)32-26(31)21-14-13-20(24(29)25(21)30)16-5-3-2-4-6-16/h7-14,16H,2-6H2,1H3. The van der Waals surface area contributed by atoms with Crippen LogP contribution in [0.15, 0.2) is 48.5 Å². The number of carbonyl (C=O) groups is 1. The molecule has 0 unspecified atom stereocenters. The fraction of sp³-hybridized carbons (Fsp3) is 0.269. The maximum Gasteiger partial charge on any atom is 0.346 e. The molecule has 1 aliphatic carbocycles. The molecular weight excluding hydrogens is 420 g/mol. The number of ether oxygens (including phenoxy) is 1. The summed E-state index contributed by atoms with van der Waals surface area (Å²) in [4.78, 5) is 12.4. The molecule has 32 heavy (non-hydrogen) atoms. The maximum absolute atomic E-state index is 14.6. The van der Waals surface area contributed by atoms with Crippen LogP contribution in [0.2, 0.25) is 0 Å². The Kier molecular flexibility index (Phi) is 6.31. The highest BCUT2D eigenvalue weighted by atomic mass is 19.2. The molecule has 0 aliphatic heterocycles. The van der Waals surface area contributed by atoms with Gasteiger partial charge < -0.3 is 4.74 Å². The molecule has 1 aliphatic rings. The van der Waals surface area contributed by atoms with Crippen LogP contribution in [0.1, 0.15) is 59.5 Å². The van der Waals surface area contributed by atoms with E-state index in [4.69, 9.17) is 4.74 Å². The molecule has 0 saturated heterocycles. The van der Waals surface area contributed by atoms with Gasteiger partial charge in [-0.3, -0.25) is 0 Å². The Hall–Kier alpha value is -3.15. The third kappa shape index (κ3) is 4.27. The molecule has 0 bridgehead atoms. The number of esters is 1. The van der Waals surface area contributed by atoms with Gasteiger partial charge in [-0.25, -0.2) is 22.4 Å². The zero-order valence-corrected chi connectivity index (χ0v) is 17.6. The molecule has 0 N–H and O–H groups in total. The molecule has 166 valence electrons. The first-order chi connectivity index (χ1) is 15.4. The van der Waals surface area contributed by atoms with Crippen LogP contribution in [0.3, 0.4) is 0 Å². The highest BCUT2D eigenvalue weighted by Crippen LogP contribution is 2.35. The molecule has 0 aromatic heterocycles. The highest BCUT2D eigenvalue weighted by Gasteiger charge is 2.25. The Balaban J connectivity index is 1.52. The maximum atomic E-state index is 14.6. The van der Waals surface area contributed by atoms with Crippen molar-refractivity contribution in [3.63, 3.8) is 0 Å². The van der Waals surface area contributed by atoms with E-state index < -0.39 is 34.8 Å². The highest BCUT2D eigenvalue weighted by molar-refractivity contribution is 5.91. The van der Waals surface area contributed by atoms with Crippen molar-refractivity contribution in [2.45, 2.75) is 44.9 Å². The first kappa shape index (κ1) is 22.1. The van der Waals surface area contributed by atoms with Gasteiger partial charge in [-0.1, -0.05) is 49.6 Å². The zero-order chi connectivity index (χ0) is 22.8. The summed E-state index contributed by atoms with van der Waals surface area (Å²) in [7, 11) is 0. The lowest BCUT2D eigenvalue weighted by Crippen LogP contribution is -2.14. The zero-order valence-electron chi connectivity index (χ0n) is 17.6. The quantitative estimate of drug-likeness (QED) is 0.238. The molecule has 0 atom stereocenters. The third-order valence-electron chi connectivity index (χ3n) is 6.03. The average Bonchev–Trinajstić information content (AvgIpc) is 2.80. The van der Waals surface area contributed by atoms with E-state index >= 15 is 0 Å². The predicted molar refractivity (Wildman–Crippen MR) is 114 cm³/mol. The summed E-state index contributed by atoms with van der Waals surface area (Å²) in [5, 5.41) is 0. The Morgan fingerprint density at radius 3 is 2.16 bits per heavy atom. The molecule has 1 fully saturated rings. The van der Waals surface area contributed by atoms with Crippen molar-refractivity contribution in [1.82, 2.24) is 0 Å². The summed E-state index contributed by atoms with van der Waals surface area (Å²) in [5.41, 5.74) is 0.460. The van der Waals surface area contributed by atoms with Gasteiger partial charge in [0.25, 0.3) is 0 Å². The second-order valence-corrected chi connectivity index (χ2v) is 8.14. The van der Waals surface area contributed by atoms with E-state index in [-0.39, 0.29) is 22.8 Å². The molecule has 3 aromatic carbocycles. The molecule has 0 amide bonds. The van der Waals surface area contributed by atoms with Gasteiger partial charge in [-0.05, 0) is 60.6 Å². The number of halogens is 4. The van der Waals surface area contributed by atoms with Crippen LogP contribution in [0.5, 0.6) is 5.75 Å². The molecular formula is C26H22F4O2. The minimum Gasteiger partial charge on any atom is -0.423 e. The van der Waals surface area contributed by atoms with Crippen molar-refractivity contribution in [2.24, 2.45) is 0 Å². The van der Waals surface area contributed by atoms with Crippen molar-refractivity contribution >= 4 is 5.97 Å². The molecule has 0 heterocycles. The van der Waals surface area contributed by atoms with Crippen LogP contribution in [0.4, 0.5) is 17.6 Å². The summed E-state index contributed by atoms with van der Waals surface area (Å²) in [6, 6.07) is 11.3. The van der Waals surface area contributed by atoms with Gasteiger partial charge >= 0.3 is 5.97 Å². The van der Waals surface area contributed by atoms with Crippen molar-refractivity contribution < 1.29 is 27.1 Å². The molecule has 2 nitrogen and oxygen atoms in total. The van der Waals surface area contributed by atoms with Crippen molar-refractivity contribution in [3.05, 3.63) is 88.5 Å². The molecule has 3 aromatic rings. The minimum atomic E-state index is -1.22. The van der Waals surface area contributed by atoms with Gasteiger partial charge in [0.15, 0.2) is 23.3 Å². The summed E-state index contributed by atoms with van der Waals surface area (Å²) in [6.45, 7) is 1.47. The lowest BCUT2D eigenvalue weighted by Gasteiger charge is -2.22. The predicted octanol–water partition coefficient (Wildman–Crippen LogP) is 7.49. The summed E-state index contributed by atoms with van der Waals surface area (Å²) >= 11 is 0. The van der Waals surface area contributed by atoms with Gasteiger partial charge in [-0.15, -0.1) is 0 Å². The lowest BCUT2D eigenvalue weighted by atomic mass is 9.83. The molecule has 4 rings (SSSR count). The molecule has 0 radical (unpaired) electrons. The van der Waals surface area contributed by atoms with E-state index in [0.29, 0.717) is 11.1 Å². The van der Waals surface area contributed by atoms with Crippen molar-refractivity contribution in [2.75, 3.05) is 0 Å². The minimum absolute atomic E-state index is 0.0390. The summed E-state index contributed by atoms with van der Waals surface area (Å²) in [5.74, 6) is -5.11. The number of rotatable bonds is 4. The number of hydrogen-bond donors (Lipinski definition) is 0. The van der Waals surface area contributed by atoms with Crippen LogP contribution in [0, 0.1) is 30.2 Å². The SMILES string of the molecule is Cc1ccc(-c2ccc(OC(=O)c3ccc(C4CCCCC4)c(F)c3F)cc2)c(F)c1F. The largest absolute Gasteiger partial charge is 0.423 e. The first-order valence-corrected chi connectivity index (χ1v) is 10.6. The number of aryl methyl sites for hydroxylation is 1. The van der Waals surface area contributed by atoms with E-state index in [0.717, 1.165) is 32.1 Å². The summed E-state index contributed by atoms with van der Waals surface area (Å²) < 4.78 is 62.4. The third-order valence-corrected chi connectivity index (χ3v) is 6.03. The van der Waals surface area contributed by atoms with Crippen LogP contribution in [-0.2, 0) is 0 Å². The topological polar surface area (TPSA) is 26.3 Å². The van der Waals surface area contributed by atoms with Gasteiger partial charge in [-0.2, -0.15) is 0 Å². The Labute approximate surface area is 183 Å². The lowest BCUT2D eigenvalue weighted by molar-refractivity contribution is 0.0728. The fourth-order valence-electron chi connectivity index (χ4n) is 4.18. The summed E-state index contributed by atoms with van der Waals surface area (Å²) in [6.07, 6.45) is 4.65. The smallest absolute Gasteiger partial charge is 0.346 e. The number of benzene rings is 3. The van der Waals surface area contributed by atoms with Crippen molar-refractivity contribution in [3.8, 4) is 16.9 Å². The van der Waals surface area contributed by atoms with Crippen molar-refractivity contribution in [1.29, 1.82) is 0 Å². The second-order valence-electron chi connectivity index (χ2n) is 8.14. The monoisotopic (exact) mass is 442 g/mol. The van der Waals surface area contributed by atoms with Gasteiger partial charge in [0.05, 0.1) is 5.56 Å². The Morgan fingerprint density at radius 2 is 1.47 bits per heavy atom. The van der Waals surface area contributed by atoms with E-state index in [1.165, 1.54) is 55.5 Å². The number of hydrogen-bond acceptors (Lipinski definition) is 2. The molecule has 0 spiro atoms.